The summed E-state index contributed by atoms with van der Waals surface area (Å²) in [4.78, 5) is 7.06. The van der Waals surface area contributed by atoms with Crippen molar-refractivity contribution in [1.29, 1.82) is 0 Å². The Morgan fingerprint density at radius 2 is 1.21 bits per heavy atom. The number of nitrogens with zero attached hydrogens (tertiary/aromatic N) is 7. The van der Waals surface area contributed by atoms with E-state index in [2.05, 4.69) is 40.4 Å². The molecule has 3 fully saturated rings. The summed E-state index contributed by atoms with van der Waals surface area (Å²) in [5, 5.41) is 20.0. The van der Waals surface area contributed by atoms with Crippen molar-refractivity contribution in [2.45, 2.75) is 18.9 Å². The zero-order chi connectivity index (χ0) is 20.1. The van der Waals surface area contributed by atoms with Gasteiger partial charge in [-0.15, -0.1) is 20.4 Å². The molecule has 0 radical (unpaired) electrons. The Hall–Kier alpha value is -1.74. The van der Waals surface area contributed by atoms with Gasteiger partial charge in [0.15, 0.2) is 21.9 Å². The average Bonchev–Trinajstić information content (AvgIpc) is 3.62. The fourth-order valence-corrected chi connectivity index (χ4v) is 3.81. The molecule has 156 valence electrons. The third-order valence-corrected chi connectivity index (χ3v) is 5.78. The number of piperazine rings is 2. The highest BCUT2D eigenvalue weighted by molar-refractivity contribution is 6.29. The van der Waals surface area contributed by atoms with E-state index in [1.54, 1.807) is 12.1 Å². The van der Waals surface area contributed by atoms with E-state index in [0.717, 1.165) is 70.0 Å². The maximum Gasteiger partial charge on any atom is 0.151 e. The first-order valence-corrected chi connectivity index (χ1v) is 10.9. The topological polar surface area (TPSA) is 73.3 Å². The summed E-state index contributed by atoms with van der Waals surface area (Å²) < 4.78 is 0. The van der Waals surface area contributed by atoms with E-state index in [1.807, 2.05) is 12.1 Å². The normalized spacial score (nSPS) is 20.2. The summed E-state index contributed by atoms with van der Waals surface area (Å²) in [7, 11) is 0. The van der Waals surface area contributed by atoms with Crippen LogP contribution in [0.2, 0.25) is 10.3 Å². The highest BCUT2D eigenvalue weighted by Crippen LogP contribution is 2.28. The number of nitrogens with one attached hydrogen (secondary N) is 1. The molecule has 1 aliphatic carbocycles. The van der Waals surface area contributed by atoms with Crippen LogP contribution < -0.4 is 15.1 Å². The first-order valence-electron chi connectivity index (χ1n) is 10.1. The Balaban J connectivity index is 0.000000145. The van der Waals surface area contributed by atoms with Gasteiger partial charge in [-0.1, -0.05) is 23.2 Å². The summed E-state index contributed by atoms with van der Waals surface area (Å²) >= 11 is 11.4. The predicted octanol–water partition coefficient (Wildman–Crippen LogP) is 1.95. The predicted molar refractivity (Wildman–Crippen MR) is 116 cm³/mol. The Kier molecular flexibility index (Phi) is 6.97. The van der Waals surface area contributed by atoms with Crippen LogP contribution in [0.3, 0.4) is 0 Å². The molecule has 5 rings (SSSR count). The lowest BCUT2D eigenvalue weighted by molar-refractivity contribution is 0.247. The smallest absolute Gasteiger partial charge is 0.151 e. The lowest BCUT2D eigenvalue weighted by Crippen LogP contribution is -2.47. The van der Waals surface area contributed by atoms with E-state index >= 15 is 0 Å². The molecule has 2 aliphatic heterocycles. The van der Waals surface area contributed by atoms with Gasteiger partial charge in [0.25, 0.3) is 0 Å². The van der Waals surface area contributed by atoms with Crippen LogP contribution >= 0.6 is 23.2 Å². The molecule has 2 saturated heterocycles. The third kappa shape index (κ3) is 5.88. The maximum absolute atomic E-state index is 5.72. The molecule has 0 unspecified atom stereocenters. The first-order chi connectivity index (χ1) is 14.2. The molecule has 0 bridgehead atoms. The second kappa shape index (κ2) is 9.84. The van der Waals surface area contributed by atoms with Crippen LogP contribution in [-0.2, 0) is 0 Å². The zero-order valence-corrected chi connectivity index (χ0v) is 17.9. The zero-order valence-electron chi connectivity index (χ0n) is 16.3. The molecule has 2 aromatic heterocycles. The molecule has 8 nitrogen and oxygen atoms in total. The number of hydrogen-bond donors (Lipinski definition) is 1. The summed E-state index contributed by atoms with van der Waals surface area (Å²) in [6.07, 6.45) is 2.78. The van der Waals surface area contributed by atoms with E-state index < -0.39 is 0 Å². The number of rotatable bonds is 3. The van der Waals surface area contributed by atoms with Crippen molar-refractivity contribution in [3.63, 3.8) is 0 Å². The molecule has 29 heavy (non-hydrogen) atoms. The Labute approximate surface area is 181 Å². The summed E-state index contributed by atoms with van der Waals surface area (Å²) in [5.41, 5.74) is 0. The second-order valence-electron chi connectivity index (χ2n) is 7.42. The molecule has 2 aromatic rings. The van der Waals surface area contributed by atoms with Gasteiger partial charge in [-0.05, 0) is 37.1 Å². The van der Waals surface area contributed by atoms with E-state index in [4.69, 9.17) is 23.2 Å². The van der Waals surface area contributed by atoms with Crippen molar-refractivity contribution in [2.24, 2.45) is 0 Å². The van der Waals surface area contributed by atoms with E-state index in [0.29, 0.717) is 10.3 Å². The Morgan fingerprint density at radius 1 is 0.690 bits per heavy atom. The Morgan fingerprint density at radius 3 is 1.66 bits per heavy atom. The van der Waals surface area contributed by atoms with Crippen LogP contribution in [0.25, 0.3) is 0 Å². The third-order valence-electron chi connectivity index (χ3n) is 5.38. The summed E-state index contributed by atoms with van der Waals surface area (Å²) in [6, 6.07) is 8.30. The quantitative estimate of drug-likeness (QED) is 0.782. The summed E-state index contributed by atoms with van der Waals surface area (Å²) in [5.74, 6) is 1.85. The molecule has 0 amide bonds. The molecule has 10 heteroatoms. The maximum atomic E-state index is 5.72. The second-order valence-corrected chi connectivity index (χ2v) is 8.19. The fraction of sp³-hybridized carbons (Fsp3) is 0.579. The van der Waals surface area contributed by atoms with Gasteiger partial charge < -0.3 is 15.1 Å². The monoisotopic (exact) mass is 436 g/mol. The van der Waals surface area contributed by atoms with Crippen LogP contribution in [0.5, 0.6) is 0 Å². The number of anilines is 2. The van der Waals surface area contributed by atoms with Gasteiger partial charge in [0.2, 0.25) is 0 Å². The van der Waals surface area contributed by atoms with Crippen molar-refractivity contribution in [2.75, 3.05) is 62.2 Å². The SMILES string of the molecule is Clc1ccc(N2CCN(C3CC3)CC2)nn1.Clc1ccc(N2CCNCC2)nn1. The van der Waals surface area contributed by atoms with Gasteiger partial charge in [0.05, 0.1) is 0 Å². The average molecular weight is 437 g/mol. The van der Waals surface area contributed by atoms with Crippen molar-refractivity contribution in [3.05, 3.63) is 34.6 Å². The van der Waals surface area contributed by atoms with Crippen molar-refractivity contribution >= 4 is 34.8 Å². The minimum Gasteiger partial charge on any atom is -0.353 e. The molecule has 0 aromatic carbocycles. The molecule has 1 saturated carbocycles. The van der Waals surface area contributed by atoms with Crippen LogP contribution in [0.4, 0.5) is 11.6 Å². The molecule has 1 N–H and O–H groups in total. The molecular formula is C19H26Cl2N8. The number of aromatic nitrogens is 4. The van der Waals surface area contributed by atoms with Crippen LogP contribution in [-0.4, -0.2) is 83.7 Å². The van der Waals surface area contributed by atoms with Crippen LogP contribution in [0.15, 0.2) is 24.3 Å². The van der Waals surface area contributed by atoms with E-state index in [1.165, 1.54) is 12.8 Å². The molecular weight excluding hydrogens is 411 g/mol. The van der Waals surface area contributed by atoms with E-state index in [9.17, 15) is 0 Å². The number of halogens is 2. The molecule has 4 heterocycles. The first kappa shape index (κ1) is 20.5. The standard InChI is InChI=1S/C11H15ClN4.C8H11ClN4/c12-10-3-4-11(14-13-10)16-7-5-15(6-8-16)9-1-2-9;9-7-1-2-8(12-11-7)13-5-3-10-4-6-13/h3-4,9H,1-2,5-8H2;1-2,10H,3-6H2. The van der Waals surface area contributed by atoms with Gasteiger partial charge in [0.1, 0.15) is 0 Å². The highest BCUT2D eigenvalue weighted by Gasteiger charge is 2.31. The largest absolute Gasteiger partial charge is 0.353 e. The van der Waals surface area contributed by atoms with Crippen LogP contribution in [0.1, 0.15) is 12.8 Å². The van der Waals surface area contributed by atoms with Gasteiger partial charge in [-0.25, -0.2) is 0 Å². The van der Waals surface area contributed by atoms with Crippen LogP contribution in [0, 0.1) is 0 Å². The van der Waals surface area contributed by atoms with Gasteiger partial charge in [-0.3, -0.25) is 4.90 Å². The van der Waals surface area contributed by atoms with E-state index in [-0.39, 0.29) is 0 Å². The lowest BCUT2D eigenvalue weighted by Gasteiger charge is -2.35. The fourth-order valence-electron chi connectivity index (χ4n) is 3.61. The van der Waals surface area contributed by atoms with Crippen molar-refractivity contribution < 1.29 is 0 Å². The number of hydrogen-bond acceptors (Lipinski definition) is 8. The van der Waals surface area contributed by atoms with Crippen molar-refractivity contribution in [3.8, 4) is 0 Å². The Bertz CT molecular complexity index is 755. The molecule has 3 aliphatic rings. The minimum atomic E-state index is 0.443. The van der Waals surface area contributed by atoms with Gasteiger partial charge >= 0.3 is 0 Å². The van der Waals surface area contributed by atoms with Gasteiger partial charge in [0, 0.05) is 58.4 Å². The van der Waals surface area contributed by atoms with Crippen molar-refractivity contribution in [1.82, 2.24) is 30.6 Å². The highest BCUT2D eigenvalue weighted by atomic mass is 35.5. The molecule has 0 atom stereocenters. The molecule has 0 spiro atoms. The lowest BCUT2D eigenvalue weighted by atomic mass is 10.3. The van der Waals surface area contributed by atoms with Gasteiger partial charge in [-0.2, -0.15) is 0 Å². The minimum absolute atomic E-state index is 0.443. The summed E-state index contributed by atoms with van der Waals surface area (Å²) in [6.45, 7) is 8.37.